The van der Waals surface area contributed by atoms with Crippen LogP contribution in [0.1, 0.15) is 35.2 Å². The first-order valence-corrected chi connectivity index (χ1v) is 13.3. The number of carbonyl (C=O) groups is 1. The fraction of sp³-hybridized carbons (Fsp3) is 0.160. The molecule has 0 radical (unpaired) electrons. The second-order valence-corrected chi connectivity index (χ2v) is 9.99. The van der Waals surface area contributed by atoms with Crippen molar-refractivity contribution in [2.45, 2.75) is 20.3 Å². The number of aryl methyl sites for hydroxylation is 1. The van der Waals surface area contributed by atoms with Gasteiger partial charge in [-0.25, -0.2) is 18.7 Å². The van der Waals surface area contributed by atoms with E-state index in [9.17, 15) is 22.0 Å². The van der Waals surface area contributed by atoms with E-state index in [2.05, 4.69) is 30.5 Å². The van der Waals surface area contributed by atoms with Gasteiger partial charge >= 0.3 is 0 Å². The number of fused-ring (bicyclic) bond motifs is 1. The van der Waals surface area contributed by atoms with Gasteiger partial charge < -0.3 is 20.5 Å². The first-order valence-electron chi connectivity index (χ1n) is 11.7. The van der Waals surface area contributed by atoms with Gasteiger partial charge in [0.1, 0.15) is 23.6 Å². The Balaban J connectivity index is 0.000000470. The number of hydrogen-bond acceptors (Lipinski definition) is 10. The summed E-state index contributed by atoms with van der Waals surface area (Å²) in [7, 11) is -3.67. The molecule has 0 bridgehead atoms. The maximum Gasteiger partial charge on any atom is 0.264 e. The minimum absolute atomic E-state index is 0.0137. The molecular formula is C25H23F2N7O5S. The highest BCUT2D eigenvalue weighted by atomic mass is 32.2. The number of nitrogen functional groups attached to an aromatic ring is 1. The summed E-state index contributed by atoms with van der Waals surface area (Å²) < 4.78 is 61.9. The summed E-state index contributed by atoms with van der Waals surface area (Å²) in [6.45, 7) is 3.38. The normalized spacial score (nSPS) is 11.2. The number of benzene rings is 2. The van der Waals surface area contributed by atoms with Gasteiger partial charge in [0.05, 0.1) is 28.0 Å². The lowest BCUT2D eigenvalue weighted by Gasteiger charge is -2.10. The molecule has 208 valence electrons. The molecule has 0 fully saturated rings. The van der Waals surface area contributed by atoms with Crippen LogP contribution in [0.15, 0.2) is 53.3 Å². The highest BCUT2D eigenvalue weighted by Gasteiger charge is 2.25. The van der Waals surface area contributed by atoms with Crippen LogP contribution in [0.25, 0.3) is 22.5 Å². The molecule has 0 atom stereocenters. The lowest BCUT2D eigenvalue weighted by atomic mass is 10.0. The van der Waals surface area contributed by atoms with Gasteiger partial charge in [-0.1, -0.05) is 13.0 Å². The van der Waals surface area contributed by atoms with Crippen molar-refractivity contribution < 1.29 is 31.0 Å². The van der Waals surface area contributed by atoms with E-state index in [0.717, 1.165) is 12.1 Å². The van der Waals surface area contributed by atoms with Crippen LogP contribution < -0.4 is 11.1 Å². The van der Waals surface area contributed by atoms with Crippen LogP contribution >= 0.6 is 0 Å². The smallest absolute Gasteiger partial charge is 0.264 e. The first-order chi connectivity index (χ1) is 19.0. The van der Waals surface area contributed by atoms with E-state index < -0.39 is 33.1 Å². The van der Waals surface area contributed by atoms with E-state index in [1.54, 1.807) is 38.1 Å². The summed E-state index contributed by atoms with van der Waals surface area (Å²) in [6, 6.07) is 9.10. The summed E-state index contributed by atoms with van der Waals surface area (Å²) in [5, 5.41) is 11.2. The molecule has 0 spiro atoms. The molecule has 0 aliphatic heterocycles. The van der Waals surface area contributed by atoms with Gasteiger partial charge in [-0.05, 0) is 36.8 Å². The minimum Gasteiger partial charge on any atom is -0.421 e. The molecule has 12 nitrogen and oxygen atoms in total. The van der Waals surface area contributed by atoms with E-state index in [1.807, 2.05) is 0 Å². The highest BCUT2D eigenvalue weighted by Crippen LogP contribution is 2.31. The zero-order valence-corrected chi connectivity index (χ0v) is 22.0. The quantitative estimate of drug-likeness (QED) is 0.123. The van der Waals surface area contributed by atoms with Crippen molar-refractivity contribution in [2.24, 2.45) is 0 Å². The van der Waals surface area contributed by atoms with Crippen LogP contribution in [0.2, 0.25) is 0 Å². The number of halogens is 2. The maximum absolute atomic E-state index is 14.5. The number of ketones is 1. The molecule has 0 amide bonds. The lowest BCUT2D eigenvalue weighted by Crippen LogP contribution is -2.10. The van der Waals surface area contributed by atoms with Crippen LogP contribution in [0, 0.1) is 18.6 Å². The van der Waals surface area contributed by atoms with Crippen LogP contribution in [0.4, 0.5) is 26.0 Å². The topological polar surface area (TPSA) is 190 Å². The predicted octanol–water partition coefficient (Wildman–Crippen LogP) is 4.44. The second-order valence-electron chi connectivity index (χ2n) is 8.42. The standard InChI is InChI=1S/C22H15F2N7O2.C3H8O3S/c1-10-30-31-22(33-10)11-3-2-4-12(7-11)29-21-16-13(8-26-20(16)27-9-28-21)19(32)17-14(23)5-6-15(25)18(17)24;1-2-3-7(4,5)6/h2-9H,25H2,1H3,(H2,26,27,28,29);2-3H2,1H3,(H,4,5,6). The number of hydrogen-bond donors (Lipinski definition) is 4. The van der Waals surface area contributed by atoms with Gasteiger partial charge in [-0.15, -0.1) is 10.2 Å². The number of aromatic amines is 1. The van der Waals surface area contributed by atoms with Gasteiger partial charge in [0, 0.05) is 24.4 Å². The van der Waals surface area contributed by atoms with Crippen LogP contribution in [0.3, 0.4) is 0 Å². The third-order valence-electron chi connectivity index (χ3n) is 5.42. The number of H-pyrrole nitrogens is 1. The summed E-state index contributed by atoms with van der Waals surface area (Å²) in [6.07, 6.45) is 3.09. The number of carbonyl (C=O) groups excluding carboxylic acids is 1. The Morgan fingerprint density at radius 3 is 2.60 bits per heavy atom. The van der Waals surface area contributed by atoms with Gasteiger partial charge in [-0.3, -0.25) is 9.35 Å². The SMILES string of the molecule is CCCS(=O)(=O)O.Cc1nnc(-c2cccc(Nc3ncnc4[nH]cc(C(=O)c5c(F)ccc(N)c5F)c34)c2)o1. The van der Waals surface area contributed by atoms with Gasteiger partial charge in [0.25, 0.3) is 10.1 Å². The molecular weight excluding hydrogens is 548 g/mol. The van der Waals surface area contributed by atoms with Gasteiger partial charge in [0.2, 0.25) is 17.6 Å². The summed E-state index contributed by atoms with van der Waals surface area (Å²) in [4.78, 5) is 24.3. The number of aromatic nitrogens is 5. The predicted molar refractivity (Wildman–Crippen MR) is 143 cm³/mol. The first kappa shape index (κ1) is 28.3. The summed E-state index contributed by atoms with van der Waals surface area (Å²) in [5.74, 6) is -2.14. The third-order valence-corrected chi connectivity index (χ3v) is 6.35. The van der Waals surface area contributed by atoms with Crippen molar-refractivity contribution in [3.63, 3.8) is 0 Å². The Hall–Kier alpha value is -4.76. The monoisotopic (exact) mass is 571 g/mol. The Kier molecular flexibility index (Phi) is 8.16. The zero-order valence-electron chi connectivity index (χ0n) is 21.1. The number of nitrogens with one attached hydrogen (secondary N) is 2. The number of rotatable bonds is 7. The number of nitrogens with two attached hydrogens (primary N) is 1. The van der Waals surface area contributed by atoms with E-state index in [1.165, 1.54) is 12.5 Å². The van der Waals surface area contributed by atoms with Crippen molar-refractivity contribution >= 4 is 44.1 Å². The Labute approximate surface area is 226 Å². The molecule has 5 aromatic rings. The van der Waals surface area contributed by atoms with Crippen molar-refractivity contribution in [3.05, 3.63) is 77.6 Å². The second kappa shape index (κ2) is 11.5. The van der Waals surface area contributed by atoms with Crippen LogP contribution in [0.5, 0.6) is 0 Å². The van der Waals surface area contributed by atoms with Gasteiger partial charge in [-0.2, -0.15) is 8.42 Å². The molecule has 40 heavy (non-hydrogen) atoms. The molecule has 0 saturated carbocycles. The summed E-state index contributed by atoms with van der Waals surface area (Å²) >= 11 is 0. The van der Waals surface area contributed by atoms with E-state index >= 15 is 0 Å². The molecule has 0 unspecified atom stereocenters. The molecule has 0 aliphatic rings. The summed E-state index contributed by atoms with van der Waals surface area (Å²) in [5.41, 5.74) is 6.02. The zero-order chi connectivity index (χ0) is 29.0. The van der Waals surface area contributed by atoms with Crippen LogP contribution in [-0.2, 0) is 10.1 Å². The minimum atomic E-state index is -3.67. The molecule has 15 heteroatoms. The van der Waals surface area contributed by atoms with E-state index in [0.29, 0.717) is 35.1 Å². The van der Waals surface area contributed by atoms with Crippen molar-refractivity contribution in [1.29, 1.82) is 0 Å². The maximum atomic E-state index is 14.5. The Morgan fingerprint density at radius 1 is 1.18 bits per heavy atom. The largest absolute Gasteiger partial charge is 0.421 e. The Bertz CT molecular complexity index is 1800. The van der Waals surface area contributed by atoms with E-state index in [4.69, 9.17) is 14.7 Å². The molecule has 0 aliphatic carbocycles. The third kappa shape index (κ3) is 6.27. The molecule has 3 aromatic heterocycles. The lowest BCUT2D eigenvalue weighted by molar-refractivity contribution is 0.103. The molecule has 3 heterocycles. The fourth-order valence-electron chi connectivity index (χ4n) is 3.69. The molecule has 0 saturated heterocycles. The molecule has 5 N–H and O–H groups in total. The van der Waals surface area contributed by atoms with E-state index in [-0.39, 0.29) is 28.2 Å². The highest BCUT2D eigenvalue weighted by molar-refractivity contribution is 7.85. The average Bonchev–Trinajstić information content (AvgIpc) is 3.53. The van der Waals surface area contributed by atoms with Gasteiger partial charge in [0.15, 0.2) is 5.82 Å². The molecule has 5 rings (SSSR count). The number of nitrogens with zero attached hydrogens (tertiary/aromatic N) is 4. The number of anilines is 3. The van der Waals surface area contributed by atoms with Crippen LogP contribution in [-0.4, -0.2) is 49.7 Å². The van der Waals surface area contributed by atoms with Crippen molar-refractivity contribution in [1.82, 2.24) is 25.1 Å². The van der Waals surface area contributed by atoms with Crippen molar-refractivity contribution in [3.8, 4) is 11.5 Å². The average molecular weight is 572 g/mol. The Morgan fingerprint density at radius 2 is 1.95 bits per heavy atom. The van der Waals surface area contributed by atoms with Crippen molar-refractivity contribution in [2.75, 3.05) is 16.8 Å². The fourth-order valence-corrected chi connectivity index (χ4v) is 4.20. The molecule has 2 aromatic carbocycles.